The molecule has 6 rings (SSSR count). The molecule has 0 saturated carbocycles. The van der Waals surface area contributed by atoms with Gasteiger partial charge in [0, 0.05) is 11.3 Å². The summed E-state index contributed by atoms with van der Waals surface area (Å²) < 4.78 is 4.54. The molecule has 132 valence electrons. The molecule has 0 saturated heterocycles. The van der Waals surface area contributed by atoms with Gasteiger partial charge in [0.2, 0.25) is 5.78 Å². The predicted molar refractivity (Wildman–Crippen MR) is 115 cm³/mol. The Bertz CT molecular complexity index is 1440. The Hall–Kier alpha value is -3.85. The molecule has 2 aromatic heterocycles. The quantitative estimate of drug-likeness (QED) is 0.366. The average Bonchev–Trinajstić information content (AvgIpc) is 3.29. The van der Waals surface area contributed by atoms with Crippen molar-refractivity contribution in [1.82, 2.24) is 14.0 Å². The molecular formula is C25H17N3. The zero-order valence-electron chi connectivity index (χ0n) is 15.2. The first kappa shape index (κ1) is 15.2. The Morgan fingerprint density at radius 3 is 2.07 bits per heavy atom. The van der Waals surface area contributed by atoms with Gasteiger partial charge in [-0.1, -0.05) is 72.8 Å². The molecule has 6 aromatic rings. The van der Waals surface area contributed by atoms with E-state index in [0.29, 0.717) is 0 Å². The van der Waals surface area contributed by atoms with Crippen LogP contribution in [-0.4, -0.2) is 14.0 Å². The number of hydrogen-bond donors (Lipinski definition) is 0. The second-order valence-electron chi connectivity index (χ2n) is 6.95. The molecule has 0 fully saturated rings. The van der Waals surface area contributed by atoms with Gasteiger partial charge in [-0.25, -0.2) is 4.98 Å². The van der Waals surface area contributed by atoms with Gasteiger partial charge in [0.05, 0.1) is 22.1 Å². The summed E-state index contributed by atoms with van der Waals surface area (Å²) in [5.74, 6) is 0.936. The number of nitrogens with zero attached hydrogens (tertiary/aromatic N) is 3. The molecule has 4 aromatic carbocycles. The highest BCUT2D eigenvalue weighted by atomic mass is 15.2. The van der Waals surface area contributed by atoms with Crippen LogP contribution in [0.15, 0.2) is 103 Å². The second-order valence-corrected chi connectivity index (χ2v) is 6.95. The normalized spacial score (nSPS) is 11.6. The lowest BCUT2D eigenvalue weighted by Crippen LogP contribution is -1.96. The Morgan fingerprint density at radius 1 is 0.571 bits per heavy atom. The fraction of sp³-hybridized carbons (Fsp3) is 0. The molecule has 0 aliphatic heterocycles. The molecule has 0 atom stereocenters. The summed E-state index contributed by atoms with van der Waals surface area (Å²) in [6.07, 6.45) is 0. The molecule has 0 unspecified atom stereocenters. The van der Waals surface area contributed by atoms with Crippen LogP contribution in [-0.2, 0) is 0 Å². The number of benzene rings is 4. The van der Waals surface area contributed by atoms with Gasteiger partial charge in [0.15, 0.2) is 0 Å². The minimum Gasteiger partial charge on any atom is -0.278 e. The van der Waals surface area contributed by atoms with Crippen molar-refractivity contribution < 1.29 is 0 Å². The molecule has 3 heteroatoms. The van der Waals surface area contributed by atoms with Gasteiger partial charge in [-0.2, -0.15) is 0 Å². The lowest BCUT2D eigenvalue weighted by atomic mass is 10.0. The van der Waals surface area contributed by atoms with Crippen LogP contribution in [0.1, 0.15) is 0 Å². The van der Waals surface area contributed by atoms with Crippen LogP contribution in [0.3, 0.4) is 0 Å². The molecule has 0 N–H and O–H groups in total. The zero-order valence-corrected chi connectivity index (χ0v) is 15.2. The number of fused-ring (bicyclic) bond motifs is 5. The maximum Gasteiger partial charge on any atom is 0.220 e. The van der Waals surface area contributed by atoms with Gasteiger partial charge in [0.1, 0.15) is 0 Å². The third-order valence-electron chi connectivity index (χ3n) is 5.32. The number of aromatic nitrogens is 3. The van der Waals surface area contributed by atoms with Crippen molar-refractivity contribution in [3.05, 3.63) is 103 Å². The monoisotopic (exact) mass is 359 g/mol. The van der Waals surface area contributed by atoms with Crippen LogP contribution in [0.25, 0.3) is 44.7 Å². The summed E-state index contributed by atoms with van der Waals surface area (Å²) in [6, 6.07) is 35.9. The first-order chi connectivity index (χ1) is 13.9. The van der Waals surface area contributed by atoms with Crippen molar-refractivity contribution in [2.24, 2.45) is 0 Å². The molecule has 28 heavy (non-hydrogen) atoms. The van der Waals surface area contributed by atoms with Crippen molar-refractivity contribution in [3.8, 4) is 16.8 Å². The van der Waals surface area contributed by atoms with E-state index in [9.17, 15) is 0 Å². The number of para-hydroxylation sites is 4. The van der Waals surface area contributed by atoms with E-state index in [4.69, 9.17) is 4.98 Å². The minimum atomic E-state index is 0.936. The Morgan fingerprint density at radius 2 is 1.25 bits per heavy atom. The maximum absolute atomic E-state index is 4.99. The van der Waals surface area contributed by atoms with E-state index in [1.165, 1.54) is 16.6 Å². The molecule has 0 aliphatic rings. The van der Waals surface area contributed by atoms with Crippen LogP contribution in [0.2, 0.25) is 0 Å². The first-order valence-corrected chi connectivity index (χ1v) is 9.43. The van der Waals surface area contributed by atoms with Gasteiger partial charge >= 0.3 is 0 Å². The summed E-state index contributed by atoms with van der Waals surface area (Å²) in [4.78, 5) is 4.99. The summed E-state index contributed by atoms with van der Waals surface area (Å²) in [5.41, 5.74) is 7.99. The molecule has 2 heterocycles. The Balaban J connectivity index is 1.86. The summed E-state index contributed by atoms with van der Waals surface area (Å²) in [6.45, 7) is 0. The molecule has 0 bridgehead atoms. The smallest absolute Gasteiger partial charge is 0.220 e. The Kier molecular flexibility index (Phi) is 3.17. The van der Waals surface area contributed by atoms with Gasteiger partial charge in [-0.05, 0) is 35.9 Å². The number of imidazole rings is 2. The van der Waals surface area contributed by atoms with Gasteiger partial charge in [0.25, 0.3) is 0 Å². The Labute approximate surface area is 162 Å². The highest BCUT2D eigenvalue weighted by Crippen LogP contribution is 2.35. The van der Waals surface area contributed by atoms with E-state index in [2.05, 4.69) is 100.0 Å². The number of rotatable bonds is 2. The highest BCUT2D eigenvalue weighted by molar-refractivity contribution is 5.99. The van der Waals surface area contributed by atoms with Gasteiger partial charge in [-0.3, -0.25) is 8.97 Å². The van der Waals surface area contributed by atoms with Gasteiger partial charge in [-0.15, -0.1) is 0 Å². The summed E-state index contributed by atoms with van der Waals surface area (Å²) >= 11 is 0. The van der Waals surface area contributed by atoms with Crippen molar-refractivity contribution in [1.29, 1.82) is 0 Å². The van der Waals surface area contributed by atoms with Crippen LogP contribution in [0.4, 0.5) is 0 Å². The summed E-state index contributed by atoms with van der Waals surface area (Å²) in [5, 5.41) is 0. The van der Waals surface area contributed by atoms with Crippen LogP contribution in [0.5, 0.6) is 0 Å². The van der Waals surface area contributed by atoms with E-state index in [1.54, 1.807) is 0 Å². The molecule has 0 amide bonds. The third-order valence-corrected chi connectivity index (χ3v) is 5.32. The maximum atomic E-state index is 4.99. The standard InChI is InChI=1S/C25H17N3/c1-3-10-18(11-4-1)20-14-9-17-23-24(20)27(19-12-5-2-6-13-19)25-26-21-15-7-8-16-22(21)28(23)25/h1-17H. The number of hydrogen-bond acceptors (Lipinski definition) is 1. The van der Waals surface area contributed by atoms with E-state index in [-0.39, 0.29) is 0 Å². The summed E-state index contributed by atoms with van der Waals surface area (Å²) in [7, 11) is 0. The minimum absolute atomic E-state index is 0.936. The highest BCUT2D eigenvalue weighted by Gasteiger charge is 2.19. The second kappa shape index (κ2) is 5.83. The van der Waals surface area contributed by atoms with Crippen molar-refractivity contribution in [3.63, 3.8) is 0 Å². The van der Waals surface area contributed by atoms with Crippen molar-refractivity contribution in [2.45, 2.75) is 0 Å². The van der Waals surface area contributed by atoms with Crippen molar-refractivity contribution in [2.75, 3.05) is 0 Å². The van der Waals surface area contributed by atoms with E-state index >= 15 is 0 Å². The predicted octanol–water partition coefficient (Wildman–Crippen LogP) is 6.10. The zero-order chi connectivity index (χ0) is 18.5. The SMILES string of the molecule is c1ccc(-c2cccc3c2n(-c2ccccc2)c2nc4ccccc4n32)cc1. The van der Waals surface area contributed by atoms with Crippen molar-refractivity contribution >= 4 is 27.8 Å². The fourth-order valence-corrected chi connectivity index (χ4v) is 4.12. The van der Waals surface area contributed by atoms with Gasteiger partial charge < -0.3 is 0 Å². The topological polar surface area (TPSA) is 22.2 Å². The van der Waals surface area contributed by atoms with Crippen LogP contribution in [0, 0.1) is 0 Å². The van der Waals surface area contributed by atoms with E-state index in [0.717, 1.165) is 28.0 Å². The first-order valence-electron chi connectivity index (χ1n) is 9.43. The fourth-order valence-electron chi connectivity index (χ4n) is 4.12. The average molecular weight is 359 g/mol. The molecule has 0 spiro atoms. The molecule has 0 radical (unpaired) electrons. The lowest BCUT2D eigenvalue weighted by Gasteiger charge is -2.09. The van der Waals surface area contributed by atoms with Crippen LogP contribution < -0.4 is 0 Å². The van der Waals surface area contributed by atoms with E-state index in [1.807, 2.05) is 12.1 Å². The lowest BCUT2D eigenvalue weighted by molar-refractivity contribution is 1.11. The molecule has 3 nitrogen and oxygen atoms in total. The van der Waals surface area contributed by atoms with E-state index < -0.39 is 0 Å². The molecular weight excluding hydrogens is 342 g/mol. The molecule has 0 aliphatic carbocycles. The largest absolute Gasteiger partial charge is 0.278 e. The van der Waals surface area contributed by atoms with Crippen LogP contribution >= 0.6 is 0 Å². The third kappa shape index (κ3) is 2.07.